The Bertz CT molecular complexity index is 1960. The molecule has 1 N–H and O–H groups in total. The van der Waals surface area contributed by atoms with Crippen LogP contribution in [0.3, 0.4) is 0 Å². The number of nitriles is 1. The number of nitrogens with one attached hydrogen (secondary N) is 1. The summed E-state index contributed by atoms with van der Waals surface area (Å²) in [6.45, 7) is 9.45. The first kappa shape index (κ1) is 32.9. The minimum Gasteiger partial charge on any atom is -0.382 e. The maximum absolute atomic E-state index is 14.5. The summed E-state index contributed by atoms with van der Waals surface area (Å²) in [6, 6.07) is 29.1. The van der Waals surface area contributed by atoms with Crippen LogP contribution in [0.5, 0.6) is 0 Å². The minimum absolute atomic E-state index is 0.0361. The number of piperidine rings is 1. The van der Waals surface area contributed by atoms with Gasteiger partial charge in [-0.15, -0.1) is 0 Å². The molecule has 1 unspecified atom stereocenters. The Balaban J connectivity index is 1.10. The molecule has 0 aliphatic carbocycles. The van der Waals surface area contributed by atoms with Gasteiger partial charge in [0.2, 0.25) is 0 Å². The Morgan fingerprint density at radius 2 is 1.46 bits per heavy atom. The number of carbonyl (C=O) groups is 3. The molecule has 3 aliphatic heterocycles. The first-order chi connectivity index (χ1) is 24.2. The van der Waals surface area contributed by atoms with Gasteiger partial charge < -0.3 is 20.0 Å². The lowest BCUT2D eigenvalue weighted by molar-refractivity contribution is 0.0611. The van der Waals surface area contributed by atoms with Gasteiger partial charge in [-0.1, -0.05) is 48.5 Å². The van der Waals surface area contributed by atoms with Crippen LogP contribution in [-0.4, -0.2) is 78.9 Å². The molecule has 50 heavy (non-hydrogen) atoms. The summed E-state index contributed by atoms with van der Waals surface area (Å²) < 4.78 is 0. The van der Waals surface area contributed by atoms with Gasteiger partial charge in [-0.25, -0.2) is 0 Å². The Hall–Kier alpha value is -5.62. The minimum atomic E-state index is -0.289. The molecule has 9 heteroatoms. The van der Waals surface area contributed by atoms with Crippen LogP contribution < -0.4 is 15.1 Å². The number of para-hydroxylation sites is 2. The van der Waals surface area contributed by atoms with Crippen molar-refractivity contribution in [2.24, 2.45) is 0 Å². The van der Waals surface area contributed by atoms with Crippen molar-refractivity contribution in [3.8, 4) is 6.07 Å². The van der Waals surface area contributed by atoms with E-state index < -0.39 is 0 Å². The van der Waals surface area contributed by atoms with Gasteiger partial charge >= 0.3 is 0 Å². The summed E-state index contributed by atoms with van der Waals surface area (Å²) in [7, 11) is 0. The highest BCUT2D eigenvalue weighted by Crippen LogP contribution is 2.33. The highest BCUT2D eigenvalue weighted by Gasteiger charge is 2.40. The number of amides is 3. The maximum Gasteiger partial charge on any atom is 0.261 e. The molecule has 2 fully saturated rings. The average Bonchev–Trinajstić information content (AvgIpc) is 3.38. The molecule has 7 rings (SSSR count). The Kier molecular flexibility index (Phi) is 9.02. The monoisotopic (exact) mass is 666 g/mol. The third-order valence-corrected chi connectivity index (χ3v) is 10.5. The van der Waals surface area contributed by atoms with Crippen molar-refractivity contribution in [2.75, 3.05) is 54.4 Å². The second kappa shape index (κ2) is 13.7. The first-order valence-electron chi connectivity index (χ1n) is 17.4. The number of hydrogen-bond acceptors (Lipinski definition) is 7. The molecule has 3 amide bonds. The summed E-state index contributed by atoms with van der Waals surface area (Å²) in [5, 5.41) is 13.4. The second-order valence-corrected chi connectivity index (χ2v) is 13.6. The van der Waals surface area contributed by atoms with E-state index in [4.69, 9.17) is 0 Å². The van der Waals surface area contributed by atoms with Crippen molar-refractivity contribution in [3.63, 3.8) is 0 Å². The summed E-state index contributed by atoms with van der Waals surface area (Å²) in [5.74, 6) is -0.614. The van der Waals surface area contributed by atoms with E-state index >= 15 is 0 Å². The molecular weight excluding hydrogens is 624 g/mol. The zero-order chi connectivity index (χ0) is 34.9. The van der Waals surface area contributed by atoms with E-state index in [1.54, 1.807) is 24.3 Å². The lowest BCUT2D eigenvalue weighted by Gasteiger charge is -2.44. The Morgan fingerprint density at radius 1 is 0.820 bits per heavy atom. The molecule has 0 aromatic heterocycles. The van der Waals surface area contributed by atoms with Crippen molar-refractivity contribution in [1.29, 1.82) is 5.26 Å². The summed E-state index contributed by atoms with van der Waals surface area (Å²) >= 11 is 0. The van der Waals surface area contributed by atoms with E-state index in [0.717, 1.165) is 59.7 Å². The molecule has 3 heterocycles. The Morgan fingerprint density at radius 3 is 2.14 bits per heavy atom. The van der Waals surface area contributed by atoms with Gasteiger partial charge in [0.15, 0.2) is 0 Å². The first-order valence-corrected chi connectivity index (χ1v) is 17.4. The maximum atomic E-state index is 14.5. The summed E-state index contributed by atoms with van der Waals surface area (Å²) in [4.78, 5) is 49.0. The van der Waals surface area contributed by atoms with E-state index in [1.165, 1.54) is 4.90 Å². The van der Waals surface area contributed by atoms with Gasteiger partial charge in [-0.3, -0.25) is 19.3 Å². The molecule has 4 aromatic carbocycles. The van der Waals surface area contributed by atoms with E-state index in [9.17, 15) is 19.6 Å². The molecule has 1 atom stereocenters. The topological polar surface area (TPSA) is 100.0 Å². The molecule has 0 bridgehead atoms. The number of nitrogens with zero attached hydrogens (tertiary/aromatic N) is 5. The van der Waals surface area contributed by atoms with Crippen molar-refractivity contribution in [3.05, 3.63) is 124 Å². The van der Waals surface area contributed by atoms with Crippen molar-refractivity contribution >= 4 is 34.8 Å². The fraction of sp³-hybridized carbons (Fsp3) is 0.317. The largest absolute Gasteiger partial charge is 0.382 e. The lowest BCUT2D eigenvalue weighted by atomic mass is 9.94. The van der Waals surface area contributed by atoms with Crippen LogP contribution in [0.4, 0.5) is 17.1 Å². The van der Waals surface area contributed by atoms with E-state index in [-0.39, 0.29) is 36.3 Å². The molecule has 0 spiro atoms. The number of fused-ring (bicyclic) bond motifs is 1. The molecule has 254 valence electrons. The molecule has 2 saturated heterocycles. The van der Waals surface area contributed by atoms with Gasteiger partial charge in [-0.2, -0.15) is 5.26 Å². The number of hydrogen-bond donors (Lipinski definition) is 1. The van der Waals surface area contributed by atoms with Crippen molar-refractivity contribution < 1.29 is 14.4 Å². The normalized spacial score (nSPS) is 17.9. The highest BCUT2D eigenvalue weighted by atomic mass is 16.2. The lowest BCUT2D eigenvalue weighted by Crippen LogP contribution is -2.59. The number of imide groups is 1. The third kappa shape index (κ3) is 6.07. The fourth-order valence-electron chi connectivity index (χ4n) is 7.98. The number of rotatable bonds is 7. The van der Waals surface area contributed by atoms with Gasteiger partial charge in [0, 0.05) is 55.7 Å². The standard InChI is InChI=1S/C41H42N6O3/c1-27-23-28(2)38(43-31-17-19-44(20-18-31)36-16-10-7-11-30(36)24-42)29(3)37(27)41(50)45-21-22-46(32-12-5-4-6-13-32)33(25-45)26-47-39(48)34-14-8-9-15-35(34)40(47)49/h4-16,23,31,33,43H,17-22,25-26H2,1-3H3. The van der Waals surface area contributed by atoms with Gasteiger partial charge in [0.25, 0.3) is 17.7 Å². The molecular formula is C41H42N6O3. The zero-order valence-electron chi connectivity index (χ0n) is 28.9. The van der Waals surface area contributed by atoms with Crippen molar-refractivity contribution in [1.82, 2.24) is 9.80 Å². The van der Waals surface area contributed by atoms with Crippen molar-refractivity contribution in [2.45, 2.75) is 45.7 Å². The van der Waals surface area contributed by atoms with Crippen LogP contribution in [0.2, 0.25) is 0 Å². The molecule has 0 radical (unpaired) electrons. The van der Waals surface area contributed by atoms with Gasteiger partial charge in [0.1, 0.15) is 6.07 Å². The molecule has 9 nitrogen and oxygen atoms in total. The second-order valence-electron chi connectivity index (χ2n) is 13.6. The average molecular weight is 667 g/mol. The summed E-state index contributed by atoms with van der Waals surface area (Å²) in [5.41, 5.74) is 8.20. The van der Waals surface area contributed by atoms with E-state index in [0.29, 0.717) is 41.9 Å². The number of anilines is 3. The quantitative estimate of drug-likeness (QED) is 0.235. The number of carbonyl (C=O) groups excluding carboxylic acids is 3. The van der Waals surface area contributed by atoms with E-state index in [1.807, 2.05) is 73.3 Å². The van der Waals surface area contributed by atoms with Crippen LogP contribution in [-0.2, 0) is 0 Å². The highest BCUT2D eigenvalue weighted by molar-refractivity contribution is 6.21. The van der Waals surface area contributed by atoms with E-state index in [2.05, 4.69) is 34.2 Å². The predicted octanol–water partition coefficient (Wildman–Crippen LogP) is 6.19. The molecule has 3 aliphatic rings. The zero-order valence-corrected chi connectivity index (χ0v) is 28.9. The summed E-state index contributed by atoms with van der Waals surface area (Å²) in [6.07, 6.45) is 1.83. The number of benzene rings is 4. The SMILES string of the molecule is Cc1cc(C)c(C(=O)N2CCN(c3ccccc3)C(CN3C(=O)c4ccccc4C3=O)C2)c(C)c1NC1CCN(c2ccccc2C#N)CC1. The Labute approximate surface area is 293 Å². The van der Waals surface area contributed by atoms with Gasteiger partial charge in [0.05, 0.1) is 35.0 Å². The van der Waals surface area contributed by atoms with Crippen LogP contribution >= 0.6 is 0 Å². The molecule has 0 saturated carbocycles. The predicted molar refractivity (Wildman–Crippen MR) is 196 cm³/mol. The van der Waals surface area contributed by atoms with Crippen LogP contribution in [0.1, 0.15) is 66.2 Å². The number of aryl methyl sites for hydroxylation is 2. The van der Waals surface area contributed by atoms with Crippen LogP contribution in [0, 0.1) is 32.1 Å². The molecule has 4 aromatic rings. The smallest absolute Gasteiger partial charge is 0.261 e. The third-order valence-electron chi connectivity index (χ3n) is 10.5. The fourth-order valence-corrected chi connectivity index (χ4v) is 7.98. The van der Waals surface area contributed by atoms with Gasteiger partial charge in [-0.05, 0) is 86.7 Å². The van der Waals surface area contributed by atoms with Crippen LogP contribution in [0.15, 0.2) is 84.9 Å². The van der Waals surface area contributed by atoms with Crippen LogP contribution in [0.25, 0.3) is 0 Å². The number of piperazine rings is 1.